The van der Waals surface area contributed by atoms with Crippen LogP contribution in [0.5, 0.6) is 0 Å². The summed E-state index contributed by atoms with van der Waals surface area (Å²) in [5.41, 5.74) is 0.496. The van der Waals surface area contributed by atoms with Crippen LogP contribution in [0.3, 0.4) is 0 Å². The molecule has 148 valence electrons. The quantitative estimate of drug-likeness (QED) is 0.304. The molecular formula is C18H25ClN4O4. The molecule has 0 bridgehead atoms. The van der Waals surface area contributed by atoms with Crippen LogP contribution in [0.25, 0.3) is 0 Å². The number of nitro groups is 1. The Hall–Kier alpha value is -2.35. The molecule has 8 nitrogen and oxygen atoms in total. The lowest BCUT2D eigenvalue weighted by molar-refractivity contribution is -0.384. The maximum Gasteiger partial charge on any atom is 0.315 e. The Labute approximate surface area is 163 Å². The third-order valence-electron chi connectivity index (χ3n) is 4.57. The molecule has 1 saturated carbocycles. The standard InChI is InChI=1S/C18H25ClN4O4/c19-13-17(24)22(15-7-9-16(10-8-15)23(26)27)12-4-11-20-18(25)21-14-5-2-1-3-6-14/h7-10,14H,1-6,11-13H2,(H2,20,21,25). The highest BCUT2D eigenvalue weighted by Crippen LogP contribution is 2.20. The number of urea groups is 1. The number of benzene rings is 1. The minimum Gasteiger partial charge on any atom is -0.338 e. The van der Waals surface area contributed by atoms with E-state index < -0.39 is 4.92 Å². The molecule has 1 aromatic carbocycles. The molecule has 1 fully saturated rings. The van der Waals surface area contributed by atoms with E-state index in [1.807, 2.05) is 0 Å². The van der Waals surface area contributed by atoms with E-state index in [1.54, 1.807) is 0 Å². The van der Waals surface area contributed by atoms with Gasteiger partial charge in [-0.1, -0.05) is 19.3 Å². The van der Waals surface area contributed by atoms with Gasteiger partial charge in [-0.2, -0.15) is 0 Å². The van der Waals surface area contributed by atoms with Crippen molar-refractivity contribution in [3.05, 3.63) is 34.4 Å². The first-order chi connectivity index (χ1) is 13.0. The van der Waals surface area contributed by atoms with Crippen LogP contribution in [0.4, 0.5) is 16.2 Å². The van der Waals surface area contributed by atoms with Crippen molar-refractivity contribution in [1.29, 1.82) is 0 Å². The fraction of sp³-hybridized carbons (Fsp3) is 0.556. The van der Waals surface area contributed by atoms with Gasteiger partial charge >= 0.3 is 6.03 Å². The van der Waals surface area contributed by atoms with E-state index in [0.29, 0.717) is 25.2 Å². The number of hydrogen-bond acceptors (Lipinski definition) is 4. The van der Waals surface area contributed by atoms with E-state index in [-0.39, 0.29) is 29.5 Å². The van der Waals surface area contributed by atoms with E-state index in [1.165, 1.54) is 35.6 Å². The zero-order valence-electron chi connectivity index (χ0n) is 15.2. The molecule has 0 radical (unpaired) electrons. The first kappa shape index (κ1) is 21.0. The summed E-state index contributed by atoms with van der Waals surface area (Å²) in [4.78, 5) is 35.7. The van der Waals surface area contributed by atoms with Crippen molar-refractivity contribution in [3.8, 4) is 0 Å². The summed E-state index contributed by atoms with van der Waals surface area (Å²) in [7, 11) is 0. The summed E-state index contributed by atoms with van der Waals surface area (Å²) in [6, 6.07) is 5.79. The smallest absolute Gasteiger partial charge is 0.315 e. The number of nitrogens with one attached hydrogen (secondary N) is 2. The number of nitrogens with zero attached hydrogens (tertiary/aromatic N) is 2. The van der Waals surface area contributed by atoms with Crippen molar-refractivity contribution in [2.45, 2.75) is 44.6 Å². The predicted molar refractivity (Wildman–Crippen MR) is 104 cm³/mol. The fourth-order valence-corrected chi connectivity index (χ4v) is 3.29. The molecule has 0 unspecified atom stereocenters. The number of nitro benzene ring substituents is 1. The summed E-state index contributed by atoms with van der Waals surface area (Å²) in [5.74, 6) is -0.482. The average Bonchev–Trinajstić information content (AvgIpc) is 2.68. The molecule has 0 atom stereocenters. The molecule has 3 amide bonds. The molecule has 0 spiro atoms. The van der Waals surface area contributed by atoms with Crippen molar-refractivity contribution in [1.82, 2.24) is 10.6 Å². The highest BCUT2D eigenvalue weighted by atomic mass is 35.5. The number of halogens is 1. The topological polar surface area (TPSA) is 105 Å². The largest absolute Gasteiger partial charge is 0.338 e. The molecule has 0 saturated heterocycles. The predicted octanol–water partition coefficient (Wildman–Crippen LogP) is 3.19. The Kier molecular flexibility index (Phi) is 8.32. The number of rotatable bonds is 8. The van der Waals surface area contributed by atoms with Crippen LogP contribution in [0, 0.1) is 10.1 Å². The van der Waals surface area contributed by atoms with Gasteiger partial charge in [-0.05, 0) is 31.4 Å². The van der Waals surface area contributed by atoms with Crippen molar-refractivity contribution < 1.29 is 14.5 Å². The molecule has 1 aromatic rings. The van der Waals surface area contributed by atoms with Gasteiger partial charge in [0.2, 0.25) is 5.91 Å². The van der Waals surface area contributed by atoms with Gasteiger partial charge in [-0.3, -0.25) is 14.9 Å². The van der Waals surface area contributed by atoms with Crippen molar-refractivity contribution in [2.24, 2.45) is 0 Å². The maximum atomic E-state index is 12.1. The van der Waals surface area contributed by atoms with Crippen molar-refractivity contribution in [2.75, 3.05) is 23.9 Å². The number of alkyl halides is 1. The molecule has 1 aliphatic rings. The zero-order valence-corrected chi connectivity index (χ0v) is 15.9. The van der Waals surface area contributed by atoms with Gasteiger partial charge in [0.15, 0.2) is 0 Å². The first-order valence-electron chi connectivity index (χ1n) is 9.16. The van der Waals surface area contributed by atoms with Gasteiger partial charge in [-0.15, -0.1) is 11.6 Å². The number of carbonyl (C=O) groups excluding carboxylic acids is 2. The summed E-state index contributed by atoms with van der Waals surface area (Å²) in [6.45, 7) is 0.769. The summed E-state index contributed by atoms with van der Waals surface area (Å²) in [6.07, 6.45) is 6.10. The molecule has 1 aliphatic carbocycles. The Bertz CT molecular complexity index is 647. The molecule has 0 heterocycles. The fourth-order valence-electron chi connectivity index (χ4n) is 3.15. The van der Waals surface area contributed by atoms with Crippen LogP contribution in [0.2, 0.25) is 0 Å². The minimum absolute atomic E-state index is 0.0435. The van der Waals surface area contributed by atoms with Crippen LogP contribution in [-0.4, -0.2) is 41.9 Å². The summed E-state index contributed by atoms with van der Waals surface area (Å²) >= 11 is 5.67. The summed E-state index contributed by atoms with van der Waals surface area (Å²) < 4.78 is 0. The normalized spacial score (nSPS) is 14.4. The van der Waals surface area contributed by atoms with E-state index in [9.17, 15) is 19.7 Å². The second kappa shape index (κ2) is 10.7. The Morgan fingerprint density at radius 3 is 2.44 bits per heavy atom. The number of non-ortho nitro benzene ring substituents is 1. The molecule has 2 N–H and O–H groups in total. The molecule has 0 aliphatic heterocycles. The molecule has 0 aromatic heterocycles. The molecule has 2 rings (SSSR count). The van der Waals surface area contributed by atoms with Gasteiger partial charge in [-0.25, -0.2) is 4.79 Å². The monoisotopic (exact) mass is 396 g/mol. The van der Waals surface area contributed by atoms with E-state index in [0.717, 1.165) is 25.7 Å². The van der Waals surface area contributed by atoms with Gasteiger partial charge in [0.1, 0.15) is 5.88 Å². The summed E-state index contributed by atoms with van der Waals surface area (Å²) in [5, 5.41) is 16.5. The number of amides is 3. The van der Waals surface area contributed by atoms with E-state index in [2.05, 4.69) is 10.6 Å². The van der Waals surface area contributed by atoms with Crippen molar-refractivity contribution in [3.63, 3.8) is 0 Å². The molecular weight excluding hydrogens is 372 g/mol. The van der Waals surface area contributed by atoms with Crippen LogP contribution >= 0.6 is 11.6 Å². The van der Waals surface area contributed by atoms with E-state index in [4.69, 9.17) is 11.6 Å². The van der Waals surface area contributed by atoms with Gasteiger partial charge in [0.25, 0.3) is 5.69 Å². The van der Waals surface area contributed by atoms with Crippen LogP contribution in [0.1, 0.15) is 38.5 Å². The highest BCUT2D eigenvalue weighted by Gasteiger charge is 2.17. The zero-order chi connectivity index (χ0) is 19.6. The van der Waals surface area contributed by atoms with Crippen molar-refractivity contribution >= 4 is 34.9 Å². The van der Waals surface area contributed by atoms with Gasteiger partial charge in [0, 0.05) is 37.0 Å². The van der Waals surface area contributed by atoms with E-state index >= 15 is 0 Å². The highest BCUT2D eigenvalue weighted by molar-refractivity contribution is 6.29. The second-order valence-electron chi connectivity index (χ2n) is 6.54. The van der Waals surface area contributed by atoms with Gasteiger partial charge < -0.3 is 15.5 Å². The lowest BCUT2D eigenvalue weighted by Crippen LogP contribution is -2.43. The lowest BCUT2D eigenvalue weighted by Gasteiger charge is -2.24. The molecule has 9 heteroatoms. The third kappa shape index (κ3) is 6.71. The maximum absolute atomic E-state index is 12.1. The number of carbonyl (C=O) groups is 2. The SMILES string of the molecule is O=C(NCCCN(C(=O)CCl)c1ccc([N+](=O)[O-])cc1)NC1CCCCC1. The van der Waals surface area contributed by atoms with Gasteiger partial charge in [0.05, 0.1) is 4.92 Å². The minimum atomic E-state index is -0.494. The Morgan fingerprint density at radius 1 is 1.19 bits per heavy atom. The van der Waals surface area contributed by atoms with Crippen LogP contribution in [0.15, 0.2) is 24.3 Å². The number of hydrogen-bond donors (Lipinski definition) is 2. The Balaban J connectivity index is 1.81. The second-order valence-corrected chi connectivity index (χ2v) is 6.81. The van der Waals surface area contributed by atoms with Crippen LogP contribution in [-0.2, 0) is 4.79 Å². The first-order valence-corrected chi connectivity index (χ1v) is 9.70. The average molecular weight is 397 g/mol. The third-order valence-corrected chi connectivity index (χ3v) is 4.80. The number of anilines is 1. The van der Waals surface area contributed by atoms with Crippen LogP contribution < -0.4 is 15.5 Å². The Morgan fingerprint density at radius 2 is 1.85 bits per heavy atom. The lowest BCUT2D eigenvalue weighted by atomic mass is 9.96. The molecule has 27 heavy (non-hydrogen) atoms.